The van der Waals surface area contributed by atoms with Gasteiger partial charge in [-0.3, -0.25) is 19.2 Å². The third kappa shape index (κ3) is 10.5. The molecule has 4 amide bonds. The van der Waals surface area contributed by atoms with Crippen molar-refractivity contribution in [3.63, 3.8) is 0 Å². The molecule has 2 aromatic rings. The maximum Gasteiger partial charge on any atom is 0.243 e. The van der Waals surface area contributed by atoms with Crippen LogP contribution in [0.1, 0.15) is 36.8 Å². The van der Waals surface area contributed by atoms with Crippen molar-refractivity contribution in [3.8, 4) is 16.9 Å². The van der Waals surface area contributed by atoms with Crippen LogP contribution in [0, 0.1) is 0 Å². The summed E-state index contributed by atoms with van der Waals surface area (Å²) in [5.74, 6) is -2.36. The Labute approximate surface area is 263 Å². The third-order valence-electron chi connectivity index (χ3n) is 7.71. The summed E-state index contributed by atoms with van der Waals surface area (Å²) in [4.78, 5) is 53.2. The Hall–Kier alpha value is -4.08. The number of hydrogen-bond donors (Lipinski definition) is 10. The van der Waals surface area contributed by atoms with Crippen molar-refractivity contribution in [1.29, 1.82) is 0 Å². The molecule has 0 spiro atoms. The third-order valence-corrected chi connectivity index (χ3v) is 7.71. The summed E-state index contributed by atoms with van der Waals surface area (Å²) in [6, 6.07) is 7.77. The normalized spacial score (nSPS) is 20.1. The summed E-state index contributed by atoms with van der Waals surface area (Å²) in [6.45, 7) is 0.745. The number of fused-ring (bicyclic) bond motifs is 5. The van der Waals surface area contributed by atoms with Crippen molar-refractivity contribution in [2.75, 3.05) is 26.2 Å². The van der Waals surface area contributed by atoms with E-state index in [1.165, 1.54) is 6.07 Å². The van der Waals surface area contributed by atoms with Crippen LogP contribution in [0.25, 0.3) is 11.1 Å². The summed E-state index contributed by atoms with van der Waals surface area (Å²) >= 11 is 0. The molecule has 0 saturated heterocycles. The molecule has 14 nitrogen and oxygen atoms in total. The lowest BCUT2D eigenvalue weighted by molar-refractivity contribution is -0.134. The number of nitrogens with two attached hydrogens (primary N) is 5. The van der Waals surface area contributed by atoms with E-state index in [4.69, 9.17) is 28.7 Å². The molecule has 0 aliphatic carbocycles. The van der Waals surface area contributed by atoms with Gasteiger partial charge in [0.1, 0.15) is 23.9 Å². The monoisotopic (exact) mass is 625 g/mol. The van der Waals surface area contributed by atoms with Crippen LogP contribution in [0.15, 0.2) is 42.5 Å². The van der Waals surface area contributed by atoms with Gasteiger partial charge in [-0.05, 0) is 73.2 Å². The van der Waals surface area contributed by atoms with E-state index in [0.717, 1.165) is 16.7 Å². The molecular weight excluding hydrogens is 578 g/mol. The fourth-order valence-electron chi connectivity index (χ4n) is 5.06. The second-order valence-corrected chi connectivity index (χ2v) is 11.3. The molecule has 1 aliphatic heterocycles. The lowest BCUT2D eigenvalue weighted by Crippen LogP contribution is -2.59. The average molecular weight is 626 g/mol. The minimum atomic E-state index is -1.13. The van der Waals surface area contributed by atoms with Crippen molar-refractivity contribution < 1.29 is 24.3 Å². The summed E-state index contributed by atoms with van der Waals surface area (Å²) < 4.78 is 0. The first kappa shape index (κ1) is 35.4. The van der Waals surface area contributed by atoms with Crippen LogP contribution in [0.3, 0.4) is 0 Å². The highest BCUT2D eigenvalue weighted by molar-refractivity contribution is 5.95. The molecule has 1 aliphatic rings. The van der Waals surface area contributed by atoms with Crippen molar-refractivity contribution in [1.82, 2.24) is 21.3 Å². The fraction of sp³-hybridized carbons (Fsp3) is 0.484. The summed E-state index contributed by atoms with van der Waals surface area (Å²) in [6.07, 6.45) is 2.05. The van der Waals surface area contributed by atoms with Gasteiger partial charge in [0.25, 0.3) is 0 Å². The van der Waals surface area contributed by atoms with Gasteiger partial charge >= 0.3 is 0 Å². The minimum Gasteiger partial charge on any atom is -0.508 e. The van der Waals surface area contributed by atoms with E-state index < -0.39 is 47.8 Å². The standard InChI is InChI=1S/C31H47N9O5/c32-10-2-6-22(35)17-37-29(43)26(16-34)40-31(45)25-13-18-4-1-5-19(12-18)20-8-9-27(41)21(14-20)15-23(36)28(42)38-24(7-3-11-33)30(44)39-25/h1,4-5,8-9,12,14,22-26,41H,2-3,6-7,10-11,13,15-17,32-36H2,(H,37,43)(H,38,42)(H,39,44)(H,40,45)/t22-,23-,24-,25-,26-/m0/s1. The highest BCUT2D eigenvalue weighted by Gasteiger charge is 2.31. The van der Waals surface area contributed by atoms with Crippen LogP contribution < -0.4 is 49.9 Å². The SMILES string of the molecule is NCCC[C@H](N)CNC(=O)[C@H](CN)NC(=O)[C@@H]1Cc2cccc(c2)-c2ccc(O)c(c2)C[C@H](N)C(=O)N[C@@H](CCCN)C(=O)N1. The number of nitrogens with one attached hydrogen (secondary N) is 4. The van der Waals surface area contributed by atoms with Crippen molar-refractivity contribution in [2.45, 2.75) is 68.7 Å². The zero-order valence-electron chi connectivity index (χ0n) is 25.5. The van der Waals surface area contributed by atoms with E-state index in [2.05, 4.69) is 21.3 Å². The van der Waals surface area contributed by atoms with E-state index in [0.29, 0.717) is 31.4 Å². The molecule has 0 aromatic heterocycles. The van der Waals surface area contributed by atoms with E-state index in [1.807, 2.05) is 24.3 Å². The average Bonchev–Trinajstić information content (AvgIpc) is 3.03. The second kappa shape index (κ2) is 17.4. The Morgan fingerprint density at radius 3 is 2.40 bits per heavy atom. The summed E-state index contributed by atoms with van der Waals surface area (Å²) in [7, 11) is 0. The van der Waals surface area contributed by atoms with Gasteiger partial charge in [0, 0.05) is 32.0 Å². The molecule has 0 fully saturated rings. The van der Waals surface area contributed by atoms with Gasteiger partial charge < -0.3 is 55.0 Å². The number of benzene rings is 2. The molecule has 0 saturated carbocycles. The lowest BCUT2D eigenvalue weighted by Gasteiger charge is -2.26. The van der Waals surface area contributed by atoms with E-state index in [-0.39, 0.29) is 50.7 Å². The largest absolute Gasteiger partial charge is 0.508 e. The van der Waals surface area contributed by atoms with Gasteiger partial charge in [-0.2, -0.15) is 0 Å². The van der Waals surface area contributed by atoms with Gasteiger partial charge in [0.2, 0.25) is 23.6 Å². The Morgan fingerprint density at radius 1 is 0.956 bits per heavy atom. The number of aromatic hydroxyl groups is 1. The summed E-state index contributed by atoms with van der Waals surface area (Å²) in [5.41, 5.74) is 32.0. The Morgan fingerprint density at radius 2 is 1.69 bits per heavy atom. The Kier molecular flexibility index (Phi) is 13.7. The van der Waals surface area contributed by atoms with Gasteiger partial charge in [-0.15, -0.1) is 0 Å². The topological polar surface area (TPSA) is 267 Å². The first-order valence-corrected chi connectivity index (χ1v) is 15.3. The number of amides is 4. The molecule has 5 atom stereocenters. The molecule has 0 radical (unpaired) electrons. The predicted molar refractivity (Wildman–Crippen MR) is 171 cm³/mol. The number of carbonyl (C=O) groups excluding carboxylic acids is 4. The Balaban J connectivity index is 1.92. The molecular formula is C31H47N9O5. The molecule has 246 valence electrons. The molecule has 1 heterocycles. The van der Waals surface area contributed by atoms with E-state index in [9.17, 15) is 24.3 Å². The van der Waals surface area contributed by atoms with Crippen molar-refractivity contribution in [2.24, 2.45) is 28.7 Å². The van der Waals surface area contributed by atoms with Crippen LogP contribution in [0.5, 0.6) is 5.75 Å². The first-order chi connectivity index (χ1) is 21.6. The zero-order valence-corrected chi connectivity index (χ0v) is 25.5. The molecule has 45 heavy (non-hydrogen) atoms. The molecule has 14 heteroatoms. The van der Waals surface area contributed by atoms with Gasteiger partial charge in [0.05, 0.1) is 6.04 Å². The number of rotatable bonds is 12. The van der Waals surface area contributed by atoms with Crippen LogP contribution in [0.2, 0.25) is 0 Å². The zero-order chi connectivity index (χ0) is 32.9. The summed E-state index contributed by atoms with van der Waals surface area (Å²) in [5, 5.41) is 21.3. The van der Waals surface area contributed by atoms with Gasteiger partial charge in [0.15, 0.2) is 0 Å². The maximum absolute atomic E-state index is 13.6. The molecule has 4 bridgehead atoms. The van der Waals surface area contributed by atoms with Crippen molar-refractivity contribution in [3.05, 3.63) is 53.6 Å². The molecule has 2 aromatic carbocycles. The van der Waals surface area contributed by atoms with Gasteiger partial charge in [-0.25, -0.2) is 0 Å². The number of phenolic OH excluding ortho intramolecular Hbond substituents is 1. The number of phenols is 1. The quantitative estimate of drug-likeness (QED) is 0.122. The Bertz CT molecular complexity index is 1320. The predicted octanol–water partition coefficient (Wildman–Crippen LogP) is -2.18. The highest BCUT2D eigenvalue weighted by Crippen LogP contribution is 2.28. The van der Waals surface area contributed by atoms with E-state index in [1.54, 1.807) is 12.1 Å². The fourth-order valence-corrected chi connectivity index (χ4v) is 5.06. The number of hydrogen-bond acceptors (Lipinski definition) is 10. The molecule has 15 N–H and O–H groups in total. The molecule has 3 rings (SSSR count). The smallest absolute Gasteiger partial charge is 0.243 e. The van der Waals surface area contributed by atoms with Crippen LogP contribution in [-0.2, 0) is 32.0 Å². The highest BCUT2D eigenvalue weighted by atomic mass is 16.3. The first-order valence-electron chi connectivity index (χ1n) is 15.3. The number of carbonyl (C=O) groups is 4. The lowest BCUT2D eigenvalue weighted by atomic mass is 9.96. The van der Waals surface area contributed by atoms with Crippen LogP contribution in [0.4, 0.5) is 0 Å². The van der Waals surface area contributed by atoms with Crippen molar-refractivity contribution >= 4 is 23.6 Å². The van der Waals surface area contributed by atoms with Crippen LogP contribution in [-0.4, -0.2) is 85.1 Å². The second-order valence-electron chi connectivity index (χ2n) is 11.3. The molecule has 0 unspecified atom stereocenters. The van der Waals surface area contributed by atoms with Crippen LogP contribution >= 0.6 is 0 Å². The van der Waals surface area contributed by atoms with Gasteiger partial charge in [-0.1, -0.05) is 30.3 Å². The maximum atomic E-state index is 13.6. The minimum absolute atomic E-state index is 0.00679. The van der Waals surface area contributed by atoms with E-state index >= 15 is 0 Å².